The number of aryl methyl sites for hydroxylation is 1. The highest BCUT2D eigenvalue weighted by molar-refractivity contribution is 6.32. The second kappa shape index (κ2) is 34.7. The molecule has 0 radical (unpaired) electrons. The molecule has 8 amide bonds. The zero-order valence-electron chi connectivity index (χ0n) is 62.7. The van der Waals surface area contributed by atoms with E-state index in [1.165, 1.54) is 39.1 Å². The molecule has 2 fully saturated rings. The molecular formula is C80H88Cl2N10O23. The number of carbonyl (C=O) groups excluding carboxylic acids is 8. The number of halogens is 2. The van der Waals surface area contributed by atoms with E-state index < -0.39 is 220 Å². The Morgan fingerprint density at radius 1 is 0.670 bits per heavy atom. The molecule has 7 aliphatic heterocycles. The Bertz CT molecular complexity index is 4890. The van der Waals surface area contributed by atoms with Gasteiger partial charge in [-0.2, -0.15) is 0 Å². The normalized spacial score (nSPS) is 27.2. The molecule has 18 atom stereocenters. The third-order valence-corrected chi connectivity index (χ3v) is 21.2. The first-order chi connectivity index (χ1) is 54.6. The number of rotatable bonds is 16. The number of likely N-dealkylation sites (N-methyl/N-ethyl adjacent to an activating group) is 1. The van der Waals surface area contributed by atoms with Crippen molar-refractivity contribution in [1.29, 1.82) is 0 Å². The fraction of sp³-hybridized carbons (Fsp3) is 0.375. The maximum Gasteiger partial charge on any atom is 0.248 e. The Morgan fingerprint density at radius 3 is 1.87 bits per heavy atom. The number of phenolic OH excluding ortho intramolecular Hbond substituents is 3. The van der Waals surface area contributed by atoms with Gasteiger partial charge in [-0.1, -0.05) is 109 Å². The second-order valence-electron chi connectivity index (χ2n) is 29.7. The summed E-state index contributed by atoms with van der Waals surface area (Å²) in [6, 6.07) is 15.3. The molecule has 7 aliphatic rings. The Hall–Kier alpha value is -10.8. The minimum Gasteiger partial charge on any atom is -0.508 e. The third kappa shape index (κ3) is 18.3. The lowest BCUT2D eigenvalue weighted by Crippen LogP contribution is -2.64. The van der Waals surface area contributed by atoms with Crippen LogP contribution in [-0.4, -0.2) is 186 Å². The molecule has 14 rings (SSSR count). The van der Waals surface area contributed by atoms with Crippen molar-refractivity contribution >= 4 is 70.5 Å². The highest BCUT2D eigenvalue weighted by Crippen LogP contribution is 2.50. The van der Waals surface area contributed by atoms with Gasteiger partial charge in [-0.25, -0.2) is 0 Å². The highest BCUT2D eigenvalue weighted by Gasteiger charge is 2.52. The van der Waals surface area contributed by atoms with Crippen LogP contribution in [0.1, 0.15) is 116 Å². The van der Waals surface area contributed by atoms with Crippen molar-refractivity contribution in [2.75, 3.05) is 13.7 Å². The van der Waals surface area contributed by atoms with Crippen molar-refractivity contribution in [3.8, 4) is 68.2 Å². The number of aliphatic hydroxyl groups excluding tert-OH is 6. The van der Waals surface area contributed by atoms with Crippen molar-refractivity contribution in [2.24, 2.45) is 17.4 Å². The average molecular weight is 1630 g/mol. The predicted molar refractivity (Wildman–Crippen MR) is 410 cm³/mol. The van der Waals surface area contributed by atoms with Crippen LogP contribution in [0.4, 0.5) is 0 Å². The molecule has 21 N–H and O–H groups in total. The van der Waals surface area contributed by atoms with Gasteiger partial charge in [-0.3, -0.25) is 38.4 Å². The van der Waals surface area contributed by atoms with Crippen LogP contribution in [0.2, 0.25) is 10.0 Å². The summed E-state index contributed by atoms with van der Waals surface area (Å²) < 4.78 is 38.7. The van der Waals surface area contributed by atoms with Crippen LogP contribution >= 0.6 is 23.2 Å². The molecule has 2 saturated heterocycles. The first-order valence-electron chi connectivity index (χ1n) is 36.7. The van der Waals surface area contributed by atoms with Gasteiger partial charge in [0.05, 0.1) is 41.3 Å². The highest BCUT2D eigenvalue weighted by atomic mass is 35.5. The minimum absolute atomic E-state index is 0.100. The van der Waals surface area contributed by atoms with Crippen molar-refractivity contribution in [1.82, 2.24) is 42.5 Å². The number of amides is 8. The Morgan fingerprint density at radius 2 is 1.27 bits per heavy atom. The molecule has 0 saturated carbocycles. The topological polar surface area (TPSA) is 522 Å². The van der Waals surface area contributed by atoms with E-state index in [2.05, 4.69) is 42.5 Å². The molecule has 610 valence electrons. The van der Waals surface area contributed by atoms with Gasteiger partial charge in [0.2, 0.25) is 59.3 Å². The fourth-order valence-corrected chi connectivity index (χ4v) is 14.8. The average Bonchev–Trinajstić information content (AvgIpc) is 0.830. The van der Waals surface area contributed by atoms with Gasteiger partial charge in [-0.05, 0) is 139 Å². The molecule has 7 aromatic carbocycles. The van der Waals surface area contributed by atoms with Crippen molar-refractivity contribution < 1.29 is 113 Å². The first-order valence-corrected chi connectivity index (χ1v) is 37.5. The van der Waals surface area contributed by atoms with Crippen LogP contribution in [-0.2, 0) is 59.1 Å². The van der Waals surface area contributed by atoms with Crippen molar-refractivity contribution in [3.05, 3.63) is 176 Å². The number of hydrogen-bond donors (Lipinski definition) is 19. The lowest BCUT2D eigenvalue weighted by atomic mass is 9.86. The molecule has 1 unspecified atom stereocenters. The number of nitrogens with two attached hydrogens (primary N) is 2. The summed E-state index contributed by atoms with van der Waals surface area (Å²) in [6.07, 6.45) is -18.6. The number of aliphatic hydroxyl groups is 6. The van der Waals surface area contributed by atoms with E-state index in [9.17, 15) is 60.3 Å². The summed E-state index contributed by atoms with van der Waals surface area (Å²) in [4.78, 5) is 121. The summed E-state index contributed by atoms with van der Waals surface area (Å²) in [5.74, 6) is -14.7. The molecular weight excluding hydrogens is 1540 g/mol. The maximum atomic E-state index is 16.3. The van der Waals surface area contributed by atoms with Crippen molar-refractivity contribution in [2.45, 2.75) is 170 Å². The van der Waals surface area contributed by atoms with Crippen LogP contribution in [0.15, 0.2) is 127 Å². The van der Waals surface area contributed by atoms with Crippen molar-refractivity contribution in [3.63, 3.8) is 0 Å². The van der Waals surface area contributed by atoms with Gasteiger partial charge in [0.15, 0.2) is 23.9 Å². The molecule has 0 spiro atoms. The van der Waals surface area contributed by atoms with Gasteiger partial charge in [-0.15, -0.1) is 0 Å². The number of fused-ring (bicyclic) bond motifs is 15. The van der Waals surface area contributed by atoms with Gasteiger partial charge in [0.25, 0.3) is 0 Å². The molecule has 11 bridgehead atoms. The van der Waals surface area contributed by atoms with Crippen LogP contribution in [0, 0.1) is 12.8 Å². The molecule has 7 heterocycles. The van der Waals surface area contributed by atoms with Crippen LogP contribution in [0.3, 0.4) is 0 Å². The summed E-state index contributed by atoms with van der Waals surface area (Å²) in [5.41, 5.74) is 12.0. The number of hydrogen-bond acceptors (Lipinski definition) is 25. The van der Waals surface area contributed by atoms with Gasteiger partial charge in [0, 0.05) is 35.7 Å². The zero-order chi connectivity index (χ0) is 82.9. The lowest BCUT2D eigenvalue weighted by Gasteiger charge is -2.47. The number of carbonyl (C=O) groups is 8. The Kier molecular flexibility index (Phi) is 25.3. The van der Waals surface area contributed by atoms with E-state index >= 15 is 24.0 Å². The second-order valence-corrected chi connectivity index (χ2v) is 30.5. The smallest absolute Gasteiger partial charge is 0.248 e. The zero-order valence-corrected chi connectivity index (χ0v) is 64.2. The third-order valence-electron chi connectivity index (χ3n) is 20.6. The van der Waals surface area contributed by atoms with E-state index in [1.807, 2.05) is 57.2 Å². The van der Waals surface area contributed by atoms with E-state index in [1.54, 1.807) is 12.1 Å². The first kappa shape index (κ1) is 83.7. The van der Waals surface area contributed by atoms with Crippen LogP contribution < -0.4 is 68.2 Å². The fourth-order valence-electron chi connectivity index (χ4n) is 14.4. The quantitative estimate of drug-likeness (QED) is 0.0660. The summed E-state index contributed by atoms with van der Waals surface area (Å²) >= 11 is 14.3. The van der Waals surface area contributed by atoms with Gasteiger partial charge < -0.3 is 128 Å². The lowest BCUT2D eigenvalue weighted by molar-refractivity contribution is -0.333. The Balaban J connectivity index is 1.05. The number of ether oxygens (including phenoxy) is 6. The minimum atomic E-state index is -2.35. The van der Waals surface area contributed by atoms with Gasteiger partial charge in [0.1, 0.15) is 95.5 Å². The molecule has 33 nitrogen and oxygen atoms in total. The number of primary amides is 1. The summed E-state index contributed by atoms with van der Waals surface area (Å²) in [5, 5.41) is 126. The Labute approximate surface area is 667 Å². The van der Waals surface area contributed by atoms with E-state index in [-0.39, 0.29) is 69.6 Å². The monoisotopic (exact) mass is 1630 g/mol. The van der Waals surface area contributed by atoms with E-state index in [4.69, 9.17) is 63.1 Å². The number of aromatic hydroxyl groups is 3. The molecule has 0 aromatic heterocycles. The molecule has 35 heteroatoms. The maximum absolute atomic E-state index is 16.3. The standard InChI is InChI=1S/C80H88Cl2N10O23/c1-33(2)21-48(85-6)72(103)91-63-65(98)40-16-19-52(46(81)23-40)111-54-25-42-26-55(69(54)115-79-70(68(101)67(100)56(32-93)113-79)114-58-30-80(5,84)71(102)35(4)110-58)112-53-20-17-41(24-47(53)82)66(99)64-78(109)90-62(74(105)86-31-36-9-13-38(14-10-36)37-11-7-34(3)8-12-37)45-27-43(94)28-51(96)59(45)44-22-39(15-18-50(44)95)60(75(106)92-64)89-76(107)61(42)88-73(104)49(29-57(83)97)87-77(63)108/h7-20,22-28,33,35,48-49,56,58,60-68,70-71,79,85,93-96,98-102H,21,29-32,84H2,1-6H3,(H2,83,97)(H,86,105)(H,87,108)(H,88,104)(H,89,107)(H,90,109)(H,91,103)(H,92,106)/t35-,48+,49-,56+,58-,60+,61+,62-,63+,64-,65+,66+,67+,68-,70+,71?,79-,80-/m0/s1. The molecule has 115 heavy (non-hydrogen) atoms. The van der Waals surface area contributed by atoms with Crippen LogP contribution in [0.25, 0.3) is 22.3 Å². The van der Waals surface area contributed by atoms with E-state index in [0.29, 0.717) is 5.56 Å². The van der Waals surface area contributed by atoms with Crippen LogP contribution in [0.5, 0.6) is 46.0 Å². The predicted octanol–water partition coefficient (Wildman–Crippen LogP) is 3.31. The van der Waals surface area contributed by atoms with E-state index in [0.717, 1.165) is 77.4 Å². The molecule has 0 aliphatic carbocycles. The van der Waals surface area contributed by atoms with Gasteiger partial charge >= 0.3 is 0 Å². The number of phenols is 3. The summed E-state index contributed by atoms with van der Waals surface area (Å²) in [7, 11) is 1.48. The largest absolute Gasteiger partial charge is 0.508 e. The number of nitrogens with one attached hydrogen (secondary N) is 8. The number of benzene rings is 7. The SMILES string of the molecule is CN[C@H](CC(C)C)C(=O)N[C@H]1C(=O)N[C@@H](CC(N)=O)C(=O)N[C@H]2C(=O)N[C@H]3C(=O)N[C@H](C(=O)N[C@H](C(=O)NCc4ccc(-c5ccc(C)cc5)cc4)c4cc(O)cc(O)c4-c4cc3ccc4O)[C@H](O)c3ccc(c(Cl)c3)Oc3cc2cc(c3O[C@@H]2O[C@H](CO)[C@@H](O)[C@H](O)[C@H]2O[C@H]2C[C@](C)(N)C(O)[C@H](C)O2)Oc2ccc(cc2Cl)[C@H]1O. The summed E-state index contributed by atoms with van der Waals surface area (Å²) in [6.45, 7) is 7.46. The molecule has 7 aromatic rings.